The second kappa shape index (κ2) is 15.0. The number of ether oxygens (including phenoxy) is 2. The summed E-state index contributed by atoms with van der Waals surface area (Å²) in [5.74, 6) is -0.0393. The summed E-state index contributed by atoms with van der Waals surface area (Å²) in [5, 5.41) is 0. The molecule has 0 aliphatic heterocycles. The van der Waals surface area contributed by atoms with E-state index in [2.05, 4.69) is 6.92 Å². The monoisotopic (exact) mass is 416 g/mol. The van der Waals surface area contributed by atoms with E-state index in [1.54, 1.807) is 24.3 Å². The highest BCUT2D eigenvalue weighted by molar-refractivity contribution is 5.95. The molecule has 0 N–H and O–H groups in total. The summed E-state index contributed by atoms with van der Waals surface area (Å²) in [6.07, 6.45) is 17.0. The summed E-state index contributed by atoms with van der Waals surface area (Å²) in [7, 11) is 0. The quantitative estimate of drug-likeness (QED) is 0.239. The molecule has 0 aromatic heterocycles. The fraction of sp³-hybridized carbons (Fsp3) is 0.692. The van der Waals surface area contributed by atoms with Crippen LogP contribution in [0.1, 0.15) is 118 Å². The molecule has 1 aromatic rings. The molecule has 1 saturated carbocycles. The van der Waals surface area contributed by atoms with Crippen molar-refractivity contribution in [2.45, 2.75) is 96.8 Å². The van der Waals surface area contributed by atoms with E-state index in [-0.39, 0.29) is 11.9 Å². The van der Waals surface area contributed by atoms with Crippen molar-refractivity contribution in [1.82, 2.24) is 0 Å². The van der Waals surface area contributed by atoms with Gasteiger partial charge >= 0.3 is 11.9 Å². The van der Waals surface area contributed by atoms with Gasteiger partial charge in [-0.2, -0.15) is 0 Å². The van der Waals surface area contributed by atoms with Gasteiger partial charge in [0, 0.05) is 0 Å². The normalized spacial score (nSPS) is 14.4. The van der Waals surface area contributed by atoms with Crippen molar-refractivity contribution in [2.75, 3.05) is 13.2 Å². The van der Waals surface area contributed by atoms with Crippen molar-refractivity contribution < 1.29 is 19.1 Å². The van der Waals surface area contributed by atoms with Crippen molar-refractivity contribution >= 4 is 11.9 Å². The number of carbonyl (C=O) groups excluding carboxylic acids is 2. The molecule has 4 nitrogen and oxygen atoms in total. The van der Waals surface area contributed by atoms with Gasteiger partial charge < -0.3 is 9.47 Å². The molecule has 4 heteroatoms. The first-order valence-electron chi connectivity index (χ1n) is 12.1. The van der Waals surface area contributed by atoms with Gasteiger partial charge in [-0.1, -0.05) is 90.0 Å². The Balaban J connectivity index is 1.63. The van der Waals surface area contributed by atoms with E-state index < -0.39 is 0 Å². The van der Waals surface area contributed by atoms with E-state index in [9.17, 15) is 9.59 Å². The van der Waals surface area contributed by atoms with Crippen molar-refractivity contribution in [3.63, 3.8) is 0 Å². The van der Waals surface area contributed by atoms with Crippen LogP contribution in [0.3, 0.4) is 0 Å². The van der Waals surface area contributed by atoms with E-state index in [0.717, 1.165) is 19.3 Å². The van der Waals surface area contributed by atoms with Gasteiger partial charge in [-0.15, -0.1) is 0 Å². The lowest BCUT2D eigenvalue weighted by Crippen LogP contribution is -2.13. The van der Waals surface area contributed by atoms with Gasteiger partial charge in [-0.05, 0) is 37.0 Å². The number of benzene rings is 1. The summed E-state index contributed by atoms with van der Waals surface area (Å²) < 4.78 is 10.8. The van der Waals surface area contributed by atoms with Crippen LogP contribution in [0.4, 0.5) is 0 Å². The number of rotatable bonds is 14. The van der Waals surface area contributed by atoms with E-state index >= 15 is 0 Å². The van der Waals surface area contributed by atoms with Crippen LogP contribution >= 0.6 is 0 Å². The van der Waals surface area contributed by atoms with Crippen molar-refractivity contribution in [1.29, 1.82) is 0 Å². The largest absolute Gasteiger partial charge is 0.462 e. The topological polar surface area (TPSA) is 52.6 Å². The highest BCUT2D eigenvalue weighted by Crippen LogP contribution is 2.26. The minimum atomic E-state index is -0.366. The lowest BCUT2D eigenvalue weighted by atomic mass is 9.87. The zero-order valence-electron chi connectivity index (χ0n) is 18.8. The molecule has 1 aliphatic rings. The predicted molar refractivity (Wildman–Crippen MR) is 121 cm³/mol. The fourth-order valence-corrected chi connectivity index (χ4v) is 4.13. The van der Waals surface area contributed by atoms with Gasteiger partial charge in [-0.3, -0.25) is 0 Å². The van der Waals surface area contributed by atoms with Gasteiger partial charge in [0.2, 0.25) is 0 Å². The molecule has 0 heterocycles. The van der Waals surface area contributed by atoms with Gasteiger partial charge in [0.15, 0.2) is 0 Å². The van der Waals surface area contributed by atoms with Crippen LogP contribution in [-0.4, -0.2) is 25.2 Å². The molecule has 0 radical (unpaired) electrons. The minimum Gasteiger partial charge on any atom is -0.462 e. The lowest BCUT2D eigenvalue weighted by molar-refractivity contribution is 0.0474. The summed E-state index contributed by atoms with van der Waals surface area (Å²) in [5.41, 5.74) is 0.830. The summed E-state index contributed by atoms with van der Waals surface area (Å²) in [6, 6.07) is 6.68. The Bertz CT molecular complexity index is 619. The van der Waals surface area contributed by atoms with Crippen molar-refractivity contribution in [3.8, 4) is 0 Å². The van der Waals surface area contributed by atoms with E-state index in [1.165, 1.54) is 70.6 Å². The summed E-state index contributed by atoms with van der Waals surface area (Å²) >= 11 is 0. The third kappa shape index (κ3) is 9.77. The maximum Gasteiger partial charge on any atom is 0.338 e. The Morgan fingerprint density at radius 3 is 2.00 bits per heavy atom. The SMILES string of the molecule is CCCCCCCCCCOC(=O)c1cccc(C(=O)OCCC2CCCCC2)c1. The molecule has 168 valence electrons. The molecule has 0 atom stereocenters. The van der Waals surface area contributed by atoms with E-state index in [1.807, 2.05) is 0 Å². The molecule has 2 rings (SSSR count). The zero-order chi connectivity index (χ0) is 21.4. The number of esters is 2. The number of carbonyl (C=O) groups is 2. The molecule has 1 aliphatic carbocycles. The van der Waals surface area contributed by atoms with E-state index in [4.69, 9.17) is 9.47 Å². The smallest absolute Gasteiger partial charge is 0.338 e. The Labute approximate surface area is 182 Å². The third-order valence-corrected chi connectivity index (χ3v) is 6.05. The number of hydrogen-bond donors (Lipinski definition) is 0. The van der Waals surface area contributed by atoms with Crippen LogP contribution in [0.15, 0.2) is 24.3 Å². The first-order valence-corrected chi connectivity index (χ1v) is 12.1. The zero-order valence-corrected chi connectivity index (χ0v) is 18.8. The highest BCUT2D eigenvalue weighted by Gasteiger charge is 2.16. The molecule has 30 heavy (non-hydrogen) atoms. The van der Waals surface area contributed by atoms with Gasteiger partial charge in [0.05, 0.1) is 24.3 Å². The summed E-state index contributed by atoms with van der Waals surface area (Å²) in [6.45, 7) is 3.12. The standard InChI is InChI=1S/C26H40O4/c1-2-3-4-5-6-7-8-12-19-29-25(27)23-16-13-17-24(21-23)26(28)30-20-18-22-14-10-9-11-15-22/h13,16-17,21-22H,2-12,14-15,18-20H2,1H3. The van der Waals surface area contributed by atoms with Gasteiger partial charge in [-0.25, -0.2) is 9.59 Å². The van der Waals surface area contributed by atoms with Crippen LogP contribution in [0.5, 0.6) is 0 Å². The van der Waals surface area contributed by atoms with Crippen LogP contribution in [-0.2, 0) is 9.47 Å². The first-order chi connectivity index (χ1) is 14.7. The summed E-state index contributed by atoms with van der Waals surface area (Å²) in [4.78, 5) is 24.6. The maximum absolute atomic E-state index is 12.3. The molecule has 1 aromatic carbocycles. The maximum atomic E-state index is 12.3. The molecular formula is C26H40O4. The average molecular weight is 417 g/mol. The molecule has 0 saturated heterocycles. The molecule has 0 amide bonds. The Morgan fingerprint density at radius 1 is 0.800 bits per heavy atom. The molecule has 0 bridgehead atoms. The molecular weight excluding hydrogens is 376 g/mol. The molecule has 0 unspecified atom stereocenters. The molecule has 1 fully saturated rings. The Hall–Kier alpha value is -1.84. The fourth-order valence-electron chi connectivity index (χ4n) is 4.13. The Kier molecular flexibility index (Phi) is 12.2. The van der Waals surface area contributed by atoms with Gasteiger partial charge in [0.25, 0.3) is 0 Å². The first kappa shape index (κ1) is 24.4. The van der Waals surface area contributed by atoms with E-state index in [0.29, 0.717) is 30.3 Å². The second-order valence-electron chi connectivity index (χ2n) is 8.62. The van der Waals surface area contributed by atoms with Crippen molar-refractivity contribution in [2.24, 2.45) is 5.92 Å². The molecule has 0 spiro atoms. The van der Waals surface area contributed by atoms with Crippen LogP contribution in [0, 0.1) is 5.92 Å². The number of unbranched alkanes of at least 4 members (excludes halogenated alkanes) is 7. The lowest BCUT2D eigenvalue weighted by Gasteiger charge is -2.21. The third-order valence-electron chi connectivity index (χ3n) is 6.05. The van der Waals surface area contributed by atoms with Crippen LogP contribution in [0.25, 0.3) is 0 Å². The van der Waals surface area contributed by atoms with Crippen LogP contribution < -0.4 is 0 Å². The van der Waals surface area contributed by atoms with Crippen molar-refractivity contribution in [3.05, 3.63) is 35.4 Å². The Morgan fingerprint density at radius 2 is 1.37 bits per heavy atom. The predicted octanol–water partition coefficient (Wildman–Crippen LogP) is 7.11. The number of hydrogen-bond acceptors (Lipinski definition) is 4. The highest BCUT2D eigenvalue weighted by atomic mass is 16.5. The van der Waals surface area contributed by atoms with Gasteiger partial charge in [0.1, 0.15) is 0 Å². The minimum absolute atomic E-state index is 0.358. The van der Waals surface area contributed by atoms with Crippen LogP contribution in [0.2, 0.25) is 0 Å². The second-order valence-corrected chi connectivity index (χ2v) is 8.62. The average Bonchev–Trinajstić information content (AvgIpc) is 2.78.